The zero-order valence-corrected chi connectivity index (χ0v) is 22.9. The fourth-order valence-electron chi connectivity index (χ4n) is 4.10. The first kappa shape index (κ1) is 27.9. The second kappa shape index (κ2) is 12.7. The number of benzene rings is 4. The van der Waals surface area contributed by atoms with Crippen molar-refractivity contribution in [1.29, 1.82) is 0 Å². The van der Waals surface area contributed by atoms with Crippen molar-refractivity contribution < 1.29 is 33.3 Å². The van der Waals surface area contributed by atoms with Gasteiger partial charge in [-0.15, -0.1) is 0 Å². The van der Waals surface area contributed by atoms with Gasteiger partial charge in [0.15, 0.2) is 23.0 Å². The minimum atomic E-state index is -0.583. The molecule has 1 heterocycles. The maximum Gasteiger partial charge on any atom is 0.343 e. The van der Waals surface area contributed by atoms with Crippen LogP contribution in [0.1, 0.15) is 49.1 Å². The number of carbonyl (C=O) groups is 3. The largest absolute Gasteiger partial charge is 0.490 e. The number of nitrogens with zero attached hydrogens (tertiary/aromatic N) is 1. The molecule has 0 bridgehead atoms. The molecule has 0 saturated heterocycles. The zero-order valence-electron chi connectivity index (χ0n) is 22.9. The first-order chi connectivity index (χ1) is 20.4. The molecule has 4 aromatic rings. The molecular weight excluding hydrogens is 538 g/mol. The summed E-state index contributed by atoms with van der Waals surface area (Å²) >= 11 is 0. The molecule has 4 aromatic carbocycles. The van der Waals surface area contributed by atoms with E-state index in [9.17, 15) is 14.4 Å². The molecule has 1 aliphatic heterocycles. The lowest BCUT2D eigenvalue weighted by Gasteiger charge is -2.11. The van der Waals surface area contributed by atoms with Crippen molar-refractivity contribution in [2.45, 2.75) is 13.8 Å². The Labute approximate surface area is 241 Å². The number of rotatable bonds is 9. The van der Waals surface area contributed by atoms with E-state index in [1.165, 1.54) is 6.21 Å². The molecule has 42 heavy (non-hydrogen) atoms. The summed E-state index contributed by atoms with van der Waals surface area (Å²) in [5.41, 5.74) is 5.66. The number of aryl methyl sites for hydroxylation is 1. The van der Waals surface area contributed by atoms with Gasteiger partial charge in [-0.1, -0.05) is 23.8 Å². The topological polar surface area (TPSA) is 125 Å². The number of fused-ring (bicyclic) bond motifs is 1. The first-order valence-corrected chi connectivity index (χ1v) is 13.1. The Morgan fingerprint density at radius 2 is 1.62 bits per heavy atom. The van der Waals surface area contributed by atoms with Crippen LogP contribution in [0, 0.1) is 6.92 Å². The van der Waals surface area contributed by atoms with Gasteiger partial charge in [-0.25, -0.2) is 10.2 Å². The summed E-state index contributed by atoms with van der Waals surface area (Å²) in [5.74, 6) is 0.280. The lowest BCUT2D eigenvalue weighted by molar-refractivity contribution is 0.0727. The standard InChI is InChI=1S/C32H27N3O7/c1-3-39-28-15-21(10-12-27(28)42-32(38)24-11-13-26-29(17-24)41-19-40-26)18-33-35-31(37)23-8-5-9-25(16-23)34-30(36)22-7-4-6-20(2)14-22/h4-18H,3,19H2,1-2H3,(H,34,36)(H,35,37). The second-order valence-electron chi connectivity index (χ2n) is 9.20. The van der Waals surface area contributed by atoms with Gasteiger partial charge in [0.05, 0.1) is 18.4 Å². The molecule has 0 unspecified atom stereocenters. The molecule has 0 fully saturated rings. The minimum Gasteiger partial charge on any atom is -0.490 e. The van der Waals surface area contributed by atoms with E-state index >= 15 is 0 Å². The van der Waals surface area contributed by atoms with E-state index in [1.54, 1.807) is 72.8 Å². The average molecular weight is 566 g/mol. The highest BCUT2D eigenvalue weighted by Gasteiger charge is 2.19. The van der Waals surface area contributed by atoms with Crippen LogP contribution in [0.5, 0.6) is 23.0 Å². The van der Waals surface area contributed by atoms with E-state index in [0.29, 0.717) is 51.8 Å². The minimum absolute atomic E-state index is 0.102. The van der Waals surface area contributed by atoms with E-state index < -0.39 is 11.9 Å². The summed E-state index contributed by atoms with van der Waals surface area (Å²) in [6.07, 6.45) is 1.44. The number of ether oxygens (including phenoxy) is 4. The average Bonchev–Trinajstić information content (AvgIpc) is 3.47. The van der Waals surface area contributed by atoms with Crippen molar-refractivity contribution in [2.75, 3.05) is 18.7 Å². The Kier molecular flexibility index (Phi) is 8.43. The second-order valence-corrected chi connectivity index (χ2v) is 9.20. The number of amides is 2. The van der Waals surface area contributed by atoms with Gasteiger partial charge >= 0.3 is 5.97 Å². The highest BCUT2D eigenvalue weighted by molar-refractivity contribution is 6.05. The number of carbonyl (C=O) groups excluding carboxylic acids is 3. The summed E-state index contributed by atoms with van der Waals surface area (Å²) in [6, 6.07) is 23.5. The Bertz CT molecular complexity index is 1680. The third-order valence-electron chi connectivity index (χ3n) is 6.12. The van der Waals surface area contributed by atoms with Gasteiger partial charge in [0, 0.05) is 16.8 Å². The summed E-state index contributed by atoms with van der Waals surface area (Å²) in [5, 5.41) is 6.84. The van der Waals surface area contributed by atoms with Gasteiger partial charge in [0.2, 0.25) is 6.79 Å². The van der Waals surface area contributed by atoms with E-state index in [4.69, 9.17) is 18.9 Å². The summed E-state index contributed by atoms with van der Waals surface area (Å²) in [6.45, 7) is 4.15. The van der Waals surface area contributed by atoms with E-state index in [2.05, 4.69) is 15.8 Å². The highest BCUT2D eigenvalue weighted by atomic mass is 16.7. The molecule has 2 N–H and O–H groups in total. The number of hydrazone groups is 1. The third-order valence-corrected chi connectivity index (χ3v) is 6.12. The lowest BCUT2D eigenvalue weighted by Crippen LogP contribution is -2.18. The molecule has 0 atom stereocenters. The Morgan fingerprint density at radius 1 is 0.833 bits per heavy atom. The molecule has 2 amide bonds. The molecule has 0 radical (unpaired) electrons. The number of hydrogen-bond donors (Lipinski definition) is 2. The van der Waals surface area contributed by atoms with Gasteiger partial charge in [0.25, 0.3) is 11.8 Å². The number of esters is 1. The van der Waals surface area contributed by atoms with Gasteiger partial charge in [-0.2, -0.15) is 5.10 Å². The number of anilines is 1. The molecule has 5 rings (SSSR count). The zero-order chi connectivity index (χ0) is 29.5. The Morgan fingerprint density at radius 3 is 2.43 bits per heavy atom. The first-order valence-electron chi connectivity index (χ1n) is 13.1. The predicted octanol–water partition coefficient (Wildman–Crippen LogP) is 5.36. The van der Waals surface area contributed by atoms with E-state index in [-0.39, 0.29) is 18.4 Å². The van der Waals surface area contributed by atoms with Gasteiger partial charge in [0.1, 0.15) is 0 Å². The number of nitrogens with one attached hydrogen (secondary N) is 2. The smallest absolute Gasteiger partial charge is 0.343 e. The summed E-state index contributed by atoms with van der Waals surface area (Å²) < 4.78 is 21.8. The Balaban J connectivity index is 1.22. The third kappa shape index (κ3) is 6.73. The molecule has 0 saturated carbocycles. The van der Waals surface area contributed by atoms with Crippen molar-refractivity contribution in [2.24, 2.45) is 5.10 Å². The quantitative estimate of drug-likeness (QED) is 0.121. The van der Waals surface area contributed by atoms with Crippen molar-refractivity contribution in [3.63, 3.8) is 0 Å². The van der Waals surface area contributed by atoms with Crippen LogP contribution in [0.25, 0.3) is 0 Å². The van der Waals surface area contributed by atoms with E-state index in [1.807, 2.05) is 26.0 Å². The fourth-order valence-corrected chi connectivity index (χ4v) is 4.10. The maximum absolute atomic E-state index is 12.7. The van der Waals surface area contributed by atoms with Gasteiger partial charge in [-0.3, -0.25) is 9.59 Å². The molecule has 1 aliphatic rings. The Hall–Kier alpha value is -5.64. The maximum atomic E-state index is 12.7. The summed E-state index contributed by atoms with van der Waals surface area (Å²) in [7, 11) is 0. The van der Waals surface area contributed by atoms with Crippen LogP contribution in [0.15, 0.2) is 90.0 Å². The molecule has 0 aliphatic carbocycles. The number of hydrogen-bond acceptors (Lipinski definition) is 8. The molecule has 10 heteroatoms. The normalized spacial score (nSPS) is 11.7. The molecular formula is C32H27N3O7. The van der Waals surface area contributed by atoms with Crippen LogP contribution in [-0.4, -0.2) is 37.4 Å². The van der Waals surface area contributed by atoms with Crippen molar-refractivity contribution >= 4 is 29.7 Å². The molecule has 10 nitrogen and oxygen atoms in total. The predicted molar refractivity (Wildman–Crippen MR) is 156 cm³/mol. The fraction of sp³-hybridized carbons (Fsp3) is 0.125. The van der Waals surface area contributed by atoms with Crippen LogP contribution in [0.4, 0.5) is 5.69 Å². The van der Waals surface area contributed by atoms with Crippen molar-refractivity contribution in [3.05, 3.63) is 113 Å². The highest BCUT2D eigenvalue weighted by Crippen LogP contribution is 2.34. The van der Waals surface area contributed by atoms with Crippen molar-refractivity contribution in [3.8, 4) is 23.0 Å². The van der Waals surface area contributed by atoms with Gasteiger partial charge < -0.3 is 24.3 Å². The summed E-state index contributed by atoms with van der Waals surface area (Å²) in [4.78, 5) is 38.0. The molecule has 0 aromatic heterocycles. The molecule has 0 spiro atoms. The van der Waals surface area contributed by atoms with E-state index in [0.717, 1.165) is 5.56 Å². The monoisotopic (exact) mass is 565 g/mol. The molecule has 212 valence electrons. The van der Waals surface area contributed by atoms with Gasteiger partial charge in [-0.05, 0) is 86.1 Å². The van der Waals surface area contributed by atoms with Crippen LogP contribution < -0.4 is 29.7 Å². The van der Waals surface area contributed by atoms with Crippen LogP contribution in [0.2, 0.25) is 0 Å². The van der Waals surface area contributed by atoms with Crippen LogP contribution in [0.3, 0.4) is 0 Å². The van der Waals surface area contributed by atoms with Crippen LogP contribution in [-0.2, 0) is 0 Å². The SMILES string of the molecule is CCOc1cc(C=NNC(=O)c2cccc(NC(=O)c3cccc(C)c3)c2)ccc1OC(=O)c1ccc2c(c1)OCO2. The lowest BCUT2D eigenvalue weighted by atomic mass is 10.1. The van der Waals surface area contributed by atoms with Crippen molar-refractivity contribution in [1.82, 2.24) is 5.43 Å². The van der Waals surface area contributed by atoms with Crippen LogP contribution >= 0.6 is 0 Å².